The average molecular weight is 342 g/mol. The number of ether oxygens (including phenoxy) is 1. The molecule has 0 aromatic heterocycles. The third-order valence-electron chi connectivity index (χ3n) is 3.88. The molecule has 0 spiro atoms. The van der Waals surface area contributed by atoms with Crippen molar-refractivity contribution in [2.45, 2.75) is 19.8 Å². The van der Waals surface area contributed by atoms with Gasteiger partial charge in [0, 0.05) is 30.3 Å². The molecular weight excluding hydrogens is 320 g/mol. The second-order valence-corrected chi connectivity index (χ2v) is 5.66. The Labute approximate surface area is 147 Å². The zero-order chi connectivity index (χ0) is 18.1. The van der Waals surface area contributed by atoms with Gasteiger partial charge in [-0.1, -0.05) is 36.4 Å². The maximum atomic E-state index is 12.1. The molecule has 0 aliphatic heterocycles. The van der Waals surface area contributed by atoms with Gasteiger partial charge in [0.2, 0.25) is 0 Å². The van der Waals surface area contributed by atoms with Crippen LogP contribution in [0.15, 0.2) is 48.5 Å². The van der Waals surface area contributed by atoms with Crippen LogP contribution in [0.4, 0.5) is 5.69 Å². The molecule has 0 saturated carbocycles. The Morgan fingerprint density at radius 1 is 1.12 bits per heavy atom. The number of carbonyl (C=O) groups excluding carboxylic acids is 1. The van der Waals surface area contributed by atoms with E-state index in [0.717, 1.165) is 6.42 Å². The van der Waals surface area contributed by atoms with Crippen molar-refractivity contribution in [1.29, 1.82) is 0 Å². The molecule has 2 aromatic rings. The fourth-order valence-electron chi connectivity index (χ4n) is 2.48. The minimum atomic E-state index is -0.479. The molecule has 0 heterocycles. The standard InChI is InChI=1S/C19H22N2O4/c1-15-17(9-5-10-18(15)21(23)24)19(22)20-12-6-13-25-14-11-16-7-3-2-4-8-16/h2-5,7-10H,6,11-14H2,1H3,(H,20,22). The lowest BCUT2D eigenvalue weighted by molar-refractivity contribution is -0.385. The zero-order valence-electron chi connectivity index (χ0n) is 14.2. The van der Waals surface area contributed by atoms with Crippen molar-refractivity contribution < 1.29 is 14.5 Å². The van der Waals surface area contributed by atoms with E-state index in [1.807, 2.05) is 18.2 Å². The van der Waals surface area contributed by atoms with E-state index in [2.05, 4.69) is 17.4 Å². The van der Waals surface area contributed by atoms with Crippen molar-refractivity contribution >= 4 is 11.6 Å². The van der Waals surface area contributed by atoms with Crippen LogP contribution in [0.25, 0.3) is 0 Å². The first kappa shape index (κ1) is 18.6. The average Bonchev–Trinajstić information content (AvgIpc) is 2.61. The Morgan fingerprint density at radius 2 is 1.88 bits per heavy atom. The summed E-state index contributed by atoms with van der Waals surface area (Å²) in [6.45, 7) is 3.25. The van der Waals surface area contributed by atoms with Gasteiger partial charge in [-0.2, -0.15) is 0 Å². The monoisotopic (exact) mass is 342 g/mol. The summed E-state index contributed by atoms with van der Waals surface area (Å²) >= 11 is 0. The molecule has 132 valence electrons. The highest BCUT2D eigenvalue weighted by molar-refractivity contribution is 5.96. The number of carbonyl (C=O) groups is 1. The summed E-state index contributed by atoms with van der Waals surface area (Å²) in [4.78, 5) is 22.6. The highest BCUT2D eigenvalue weighted by Gasteiger charge is 2.17. The first-order chi connectivity index (χ1) is 12.1. The molecule has 1 N–H and O–H groups in total. The first-order valence-electron chi connectivity index (χ1n) is 8.23. The lowest BCUT2D eigenvalue weighted by atomic mass is 10.1. The number of nitro benzene ring substituents is 1. The molecule has 0 atom stereocenters. The van der Waals surface area contributed by atoms with Crippen LogP contribution < -0.4 is 5.32 Å². The van der Waals surface area contributed by atoms with Crippen LogP contribution in [-0.2, 0) is 11.2 Å². The number of hydrogen-bond donors (Lipinski definition) is 1. The SMILES string of the molecule is Cc1c(C(=O)NCCCOCCc2ccccc2)cccc1[N+](=O)[O-]. The number of amides is 1. The van der Waals surface area contributed by atoms with Crippen molar-refractivity contribution in [2.75, 3.05) is 19.8 Å². The van der Waals surface area contributed by atoms with E-state index in [1.165, 1.54) is 17.7 Å². The van der Waals surface area contributed by atoms with Gasteiger partial charge in [0.25, 0.3) is 11.6 Å². The van der Waals surface area contributed by atoms with Crippen molar-refractivity contribution in [3.8, 4) is 0 Å². The smallest absolute Gasteiger partial charge is 0.273 e. The molecule has 0 fully saturated rings. The normalized spacial score (nSPS) is 10.4. The van der Waals surface area contributed by atoms with Gasteiger partial charge < -0.3 is 10.1 Å². The van der Waals surface area contributed by atoms with Crippen molar-refractivity contribution in [2.24, 2.45) is 0 Å². The van der Waals surface area contributed by atoms with Gasteiger partial charge in [0.15, 0.2) is 0 Å². The Hall–Kier alpha value is -2.73. The predicted molar refractivity (Wildman–Crippen MR) is 95.7 cm³/mol. The van der Waals surface area contributed by atoms with Crippen LogP contribution in [0.1, 0.15) is 27.9 Å². The Morgan fingerprint density at radius 3 is 2.60 bits per heavy atom. The second kappa shape index (κ2) is 9.54. The fraction of sp³-hybridized carbons (Fsp3) is 0.316. The van der Waals surface area contributed by atoms with Gasteiger partial charge in [-0.05, 0) is 31.4 Å². The number of rotatable bonds is 9. The third-order valence-corrected chi connectivity index (χ3v) is 3.88. The van der Waals surface area contributed by atoms with E-state index in [0.29, 0.717) is 37.3 Å². The molecule has 1 amide bonds. The van der Waals surface area contributed by atoms with Crippen LogP contribution in [0.5, 0.6) is 0 Å². The molecule has 0 aliphatic carbocycles. The van der Waals surface area contributed by atoms with E-state index in [1.54, 1.807) is 13.0 Å². The molecule has 6 heteroatoms. The van der Waals surface area contributed by atoms with Gasteiger partial charge in [0.05, 0.1) is 11.5 Å². The van der Waals surface area contributed by atoms with Crippen LogP contribution in [-0.4, -0.2) is 30.6 Å². The van der Waals surface area contributed by atoms with E-state index in [-0.39, 0.29) is 11.6 Å². The summed E-state index contributed by atoms with van der Waals surface area (Å²) < 4.78 is 5.56. The summed E-state index contributed by atoms with van der Waals surface area (Å²) in [6.07, 6.45) is 1.55. The Kier molecular flexibility index (Phi) is 7.10. The summed E-state index contributed by atoms with van der Waals surface area (Å²) in [5.41, 5.74) is 1.90. The predicted octanol–water partition coefficient (Wildman–Crippen LogP) is 3.28. The summed E-state index contributed by atoms with van der Waals surface area (Å²) in [7, 11) is 0. The van der Waals surface area contributed by atoms with E-state index >= 15 is 0 Å². The third kappa shape index (κ3) is 5.69. The van der Waals surface area contributed by atoms with Crippen LogP contribution in [0.3, 0.4) is 0 Å². The van der Waals surface area contributed by atoms with Crippen LogP contribution >= 0.6 is 0 Å². The maximum absolute atomic E-state index is 12.1. The molecule has 25 heavy (non-hydrogen) atoms. The molecular formula is C19H22N2O4. The highest BCUT2D eigenvalue weighted by atomic mass is 16.6. The molecule has 0 bridgehead atoms. The highest BCUT2D eigenvalue weighted by Crippen LogP contribution is 2.20. The molecule has 0 aliphatic rings. The van der Waals surface area contributed by atoms with Gasteiger partial charge in [-0.25, -0.2) is 0 Å². The quantitative estimate of drug-likeness (QED) is 0.431. The fourth-order valence-corrected chi connectivity index (χ4v) is 2.48. The number of nitrogens with zero attached hydrogens (tertiary/aromatic N) is 1. The Balaban J connectivity index is 1.67. The summed E-state index contributed by atoms with van der Waals surface area (Å²) in [5.74, 6) is -0.300. The van der Waals surface area contributed by atoms with E-state index in [4.69, 9.17) is 4.74 Å². The number of nitrogens with one attached hydrogen (secondary N) is 1. The maximum Gasteiger partial charge on any atom is 0.273 e. The molecule has 0 unspecified atom stereocenters. The first-order valence-corrected chi connectivity index (χ1v) is 8.23. The van der Waals surface area contributed by atoms with Crippen molar-refractivity contribution in [1.82, 2.24) is 5.32 Å². The number of benzene rings is 2. The lowest BCUT2D eigenvalue weighted by Crippen LogP contribution is -2.26. The van der Waals surface area contributed by atoms with Gasteiger partial charge in [-0.3, -0.25) is 14.9 Å². The van der Waals surface area contributed by atoms with E-state index in [9.17, 15) is 14.9 Å². The topological polar surface area (TPSA) is 81.5 Å². The number of hydrogen-bond acceptors (Lipinski definition) is 4. The van der Waals surface area contributed by atoms with Gasteiger partial charge >= 0.3 is 0 Å². The molecule has 2 aromatic carbocycles. The largest absolute Gasteiger partial charge is 0.381 e. The lowest BCUT2D eigenvalue weighted by Gasteiger charge is -2.08. The van der Waals surface area contributed by atoms with Crippen LogP contribution in [0, 0.1) is 17.0 Å². The van der Waals surface area contributed by atoms with Crippen molar-refractivity contribution in [3.63, 3.8) is 0 Å². The second-order valence-electron chi connectivity index (χ2n) is 5.66. The van der Waals surface area contributed by atoms with Gasteiger partial charge in [-0.15, -0.1) is 0 Å². The summed E-state index contributed by atoms with van der Waals surface area (Å²) in [6, 6.07) is 14.6. The minimum absolute atomic E-state index is 0.0445. The number of nitro groups is 1. The molecule has 0 saturated heterocycles. The summed E-state index contributed by atoms with van der Waals surface area (Å²) in [5, 5.41) is 13.7. The Bertz CT molecular complexity index is 717. The van der Waals surface area contributed by atoms with E-state index < -0.39 is 4.92 Å². The van der Waals surface area contributed by atoms with Crippen molar-refractivity contribution in [3.05, 3.63) is 75.3 Å². The molecule has 2 rings (SSSR count). The molecule has 0 radical (unpaired) electrons. The zero-order valence-corrected chi connectivity index (χ0v) is 14.2. The minimum Gasteiger partial charge on any atom is -0.381 e. The van der Waals surface area contributed by atoms with Gasteiger partial charge in [0.1, 0.15) is 0 Å². The molecule has 6 nitrogen and oxygen atoms in total. The van der Waals surface area contributed by atoms with Crippen LogP contribution in [0.2, 0.25) is 0 Å².